The van der Waals surface area contributed by atoms with Gasteiger partial charge >= 0.3 is 11.9 Å². The van der Waals surface area contributed by atoms with E-state index in [1.807, 2.05) is 6.07 Å². The van der Waals surface area contributed by atoms with Gasteiger partial charge in [0.2, 0.25) is 0 Å². The molecule has 2 aliphatic heterocycles. The number of esters is 2. The highest BCUT2D eigenvalue weighted by Crippen LogP contribution is 2.39. The molecule has 0 spiro atoms. The van der Waals surface area contributed by atoms with Gasteiger partial charge in [-0.2, -0.15) is 0 Å². The molecule has 2 aliphatic rings. The number of aromatic nitrogens is 2. The molecule has 5 rings (SSSR count). The van der Waals surface area contributed by atoms with Crippen LogP contribution in [-0.2, 0) is 37.8 Å². The summed E-state index contributed by atoms with van der Waals surface area (Å²) in [5, 5.41) is 11.7. The zero-order valence-electron chi connectivity index (χ0n) is 18.0. The van der Waals surface area contributed by atoms with Gasteiger partial charge in [0.25, 0.3) is 5.56 Å². The van der Waals surface area contributed by atoms with Gasteiger partial charge in [-0.3, -0.25) is 4.79 Å². The molecule has 2 aromatic heterocycles. The molecule has 9 heteroatoms. The van der Waals surface area contributed by atoms with Crippen LogP contribution < -0.4 is 11.3 Å². The molecule has 0 aliphatic carbocycles. The second kappa shape index (κ2) is 7.28. The maximum Gasteiger partial charge on any atom is 0.343 e. The fraction of sp³-hybridized carbons (Fsp3) is 0.250. The minimum Gasteiger partial charge on any atom is -0.466 e. The first kappa shape index (κ1) is 20.9. The first-order valence-electron chi connectivity index (χ1n) is 10.4. The van der Waals surface area contributed by atoms with Crippen LogP contribution >= 0.6 is 0 Å². The Morgan fingerprint density at radius 1 is 1.36 bits per heavy atom. The van der Waals surface area contributed by atoms with Gasteiger partial charge in [-0.1, -0.05) is 6.92 Å². The number of methoxy groups -OCH3 is 1. The fourth-order valence-electron chi connectivity index (χ4n) is 4.50. The van der Waals surface area contributed by atoms with Gasteiger partial charge in [-0.25, -0.2) is 14.6 Å². The molecule has 0 amide bonds. The molecule has 1 aromatic carbocycles. The van der Waals surface area contributed by atoms with Crippen LogP contribution in [0.1, 0.15) is 35.6 Å². The molecule has 1 atom stereocenters. The zero-order chi connectivity index (χ0) is 23.5. The van der Waals surface area contributed by atoms with E-state index in [1.165, 1.54) is 13.2 Å². The third-order valence-corrected chi connectivity index (χ3v) is 6.35. The second-order valence-electron chi connectivity index (χ2n) is 8.09. The molecular formula is C24H21N3O6. The number of carbonyl (C=O) groups is 2. The van der Waals surface area contributed by atoms with E-state index < -0.39 is 17.5 Å². The largest absolute Gasteiger partial charge is 0.466 e. The van der Waals surface area contributed by atoms with Crippen LogP contribution in [0.5, 0.6) is 0 Å². The summed E-state index contributed by atoms with van der Waals surface area (Å²) in [7, 11) is 1.29. The van der Waals surface area contributed by atoms with Crippen molar-refractivity contribution in [3.05, 3.63) is 62.9 Å². The van der Waals surface area contributed by atoms with Gasteiger partial charge in [0, 0.05) is 33.8 Å². The maximum atomic E-state index is 13.3. The molecule has 3 N–H and O–H groups in total. The third kappa shape index (κ3) is 2.96. The predicted molar refractivity (Wildman–Crippen MR) is 120 cm³/mol. The van der Waals surface area contributed by atoms with E-state index in [1.54, 1.807) is 35.8 Å². The molecule has 0 saturated heterocycles. The van der Waals surface area contributed by atoms with Crippen molar-refractivity contribution in [3.8, 4) is 11.4 Å². The lowest BCUT2D eigenvalue weighted by molar-refractivity contribution is -0.172. The Bertz CT molecular complexity index is 1460. The summed E-state index contributed by atoms with van der Waals surface area (Å²) < 4.78 is 11.3. The summed E-state index contributed by atoms with van der Waals surface area (Å²) in [5.74, 6) is -1.27. The van der Waals surface area contributed by atoms with Crippen LogP contribution in [0.3, 0.4) is 0 Å². The topological polar surface area (TPSA) is 134 Å². The van der Waals surface area contributed by atoms with E-state index in [0.717, 1.165) is 10.9 Å². The first-order valence-corrected chi connectivity index (χ1v) is 10.4. The Labute approximate surface area is 188 Å². The molecular weight excluding hydrogens is 426 g/mol. The number of cyclic esters (lactones) is 1. The Hall–Kier alpha value is -3.98. The number of nitrogens with zero attached hydrogens (tertiary/aromatic N) is 2. The summed E-state index contributed by atoms with van der Waals surface area (Å²) in [5.41, 5.74) is 8.10. The number of pyridine rings is 2. The van der Waals surface area contributed by atoms with Crippen LogP contribution in [0.25, 0.3) is 28.4 Å². The Morgan fingerprint density at radius 2 is 2.15 bits per heavy atom. The van der Waals surface area contributed by atoms with Crippen LogP contribution in [0.15, 0.2) is 35.1 Å². The molecule has 4 heterocycles. The van der Waals surface area contributed by atoms with Crippen molar-refractivity contribution in [2.75, 3.05) is 12.8 Å². The number of nitrogens with two attached hydrogens (primary N) is 1. The van der Waals surface area contributed by atoms with Crippen molar-refractivity contribution in [1.29, 1.82) is 0 Å². The van der Waals surface area contributed by atoms with E-state index >= 15 is 0 Å². The average Bonchev–Trinajstić information content (AvgIpc) is 3.17. The monoisotopic (exact) mass is 447 g/mol. The summed E-state index contributed by atoms with van der Waals surface area (Å²) in [4.78, 5) is 41.9. The minimum atomic E-state index is -1.87. The first-order chi connectivity index (χ1) is 15.8. The van der Waals surface area contributed by atoms with Crippen LogP contribution in [0.4, 0.5) is 5.69 Å². The molecule has 0 saturated carbocycles. The fourth-order valence-corrected chi connectivity index (χ4v) is 4.50. The highest BCUT2D eigenvalue weighted by atomic mass is 16.6. The molecule has 33 heavy (non-hydrogen) atoms. The Morgan fingerprint density at radius 3 is 2.88 bits per heavy atom. The number of aliphatic hydroxyl groups is 1. The van der Waals surface area contributed by atoms with Gasteiger partial charge in [-0.05, 0) is 36.8 Å². The summed E-state index contributed by atoms with van der Waals surface area (Å²) in [6.45, 7) is 1.75. The van der Waals surface area contributed by atoms with E-state index in [-0.39, 0.29) is 36.3 Å². The normalized spacial score (nSPS) is 18.7. The van der Waals surface area contributed by atoms with Crippen LogP contribution in [0.2, 0.25) is 0 Å². The number of carbonyl (C=O) groups excluding carboxylic acids is 2. The number of hydrogen-bond acceptors (Lipinski definition) is 8. The quantitative estimate of drug-likeness (QED) is 0.276. The van der Waals surface area contributed by atoms with Crippen molar-refractivity contribution in [1.82, 2.24) is 9.55 Å². The van der Waals surface area contributed by atoms with E-state index in [2.05, 4.69) is 4.74 Å². The lowest BCUT2D eigenvalue weighted by Gasteiger charge is -2.31. The highest BCUT2D eigenvalue weighted by Gasteiger charge is 2.45. The molecule has 0 radical (unpaired) electrons. The van der Waals surface area contributed by atoms with Crippen molar-refractivity contribution >= 4 is 34.6 Å². The van der Waals surface area contributed by atoms with Gasteiger partial charge in [0.15, 0.2) is 5.60 Å². The van der Waals surface area contributed by atoms with Gasteiger partial charge in [0.05, 0.1) is 36.1 Å². The number of fused-ring (bicyclic) bond motifs is 5. The number of rotatable bonds is 3. The van der Waals surface area contributed by atoms with E-state index in [0.29, 0.717) is 28.2 Å². The van der Waals surface area contributed by atoms with Crippen molar-refractivity contribution in [2.24, 2.45) is 0 Å². The maximum absolute atomic E-state index is 13.3. The average molecular weight is 447 g/mol. The predicted octanol–water partition coefficient (Wildman–Crippen LogP) is 1.85. The molecule has 168 valence electrons. The molecule has 0 bridgehead atoms. The molecule has 0 fully saturated rings. The van der Waals surface area contributed by atoms with Gasteiger partial charge in [0.1, 0.15) is 6.61 Å². The summed E-state index contributed by atoms with van der Waals surface area (Å²) in [6, 6.07) is 7.02. The lowest BCUT2D eigenvalue weighted by Crippen LogP contribution is -2.44. The lowest BCUT2D eigenvalue weighted by atomic mass is 9.86. The summed E-state index contributed by atoms with van der Waals surface area (Å²) >= 11 is 0. The second-order valence-corrected chi connectivity index (χ2v) is 8.09. The molecule has 9 nitrogen and oxygen atoms in total. The van der Waals surface area contributed by atoms with Gasteiger partial charge < -0.3 is 24.9 Å². The summed E-state index contributed by atoms with van der Waals surface area (Å²) in [6.07, 6.45) is 2.94. The minimum absolute atomic E-state index is 0.0783. The van der Waals surface area contributed by atoms with Crippen LogP contribution in [0, 0.1) is 0 Å². The van der Waals surface area contributed by atoms with E-state index in [9.17, 15) is 19.5 Å². The standard InChI is InChI=1S/C24H21N3O6/c1-3-24(31)16-9-19-21-12(10-27(19)22(29)15(16)11-33-23(24)30)8-14-13(4-7-20(28)32-2)17(25)5-6-18(14)26-21/h4-9,31H,3,10-11,25H2,1-2H3/b7-4+/t24-/m0/s1. The number of hydrogen-bond donors (Lipinski definition) is 2. The Balaban J connectivity index is 1.72. The molecule has 0 unspecified atom stereocenters. The number of ether oxygens (including phenoxy) is 2. The van der Waals surface area contributed by atoms with Crippen molar-refractivity contribution < 1.29 is 24.2 Å². The van der Waals surface area contributed by atoms with E-state index in [4.69, 9.17) is 15.5 Å². The van der Waals surface area contributed by atoms with Crippen molar-refractivity contribution in [2.45, 2.75) is 32.1 Å². The number of benzene rings is 1. The van der Waals surface area contributed by atoms with Crippen LogP contribution in [-0.4, -0.2) is 33.7 Å². The van der Waals surface area contributed by atoms with Crippen molar-refractivity contribution in [3.63, 3.8) is 0 Å². The SMILES string of the molecule is CC[C@@]1(O)C(=O)OCc2c1cc1n(c2=O)Cc2cc3c(/C=C/C(=O)OC)c(N)ccc3nc2-1. The number of nitrogen functional groups attached to an aromatic ring is 1. The molecule has 3 aromatic rings. The van der Waals surface area contributed by atoms with Gasteiger partial charge in [-0.15, -0.1) is 0 Å². The zero-order valence-corrected chi connectivity index (χ0v) is 18.0. The third-order valence-electron chi connectivity index (χ3n) is 6.35. The highest BCUT2D eigenvalue weighted by molar-refractivity contribution is 5.98. The smallest absolute Gasteiger partial charge is 0.343 e. The number of anilines is 1. The Kier molecular flexibility index (Phi) is 4.61.